The molecule has 1 fully saturated rings. The first-order valence-corrected chi connectivity index (χ1v) is 35.6. The molecule has 16 aromatic rings. The van der Waals surface area contributed by atoms with Gasteiger partial charge in [0.05, 0.1) is 59.4 Å². The van der Waals surface area contributed by atoms with Gasteiger partial charge in [-0.1, -0.05) is 293 Å². The molecule has 0 spiro atoms. The average molecular weight is 1370 g/mol. The van der Waals surface area contributed by atoms with Crippen LogP contribution in [0.3, 0.4) is 0 Å². The highest BCUT2D eigenvalue weighted by atomic mass is 35.5. The van der Waals surface area contributed by atoms with Gasteiger partial charge in [0.2, 0.25) is 5.28 Å². The molecule has 8 nitrogen and oxygen atoms in total. The van der Waals surface area contributed by atoms with Crippen molar-refractivity contribution in [2.45, 2.75) is 57.2 Å². The number of halogens is 1. The quantitative estimate of drug-likeness (QED) is 0.110. The molecule has 19 rings (SSSR count). The molecule has 0 atom stereocenters. The van der Waals surface area contributed by atoms with Crippen molar-refractivity contribution in [1.82, 2.24) is 19.9 Å². The van der Waals surface area contributed by atoms with E-state index >= 15 is 0 Å². The molecule has 1 saturated heterocycles. The summed E-state index contributed by atoms with van der Waals surface area (Å²) in [6.07, 6.45) is 0. The molecule has 3 aliphatic rings. The van der Waals surface area contributed by atoms with Gasteiger partial charge < -0.3 is 18.8 Å². The molecule has 101 heavy (non-hydrogen) atoms. The van der Waals surface area contributed by atoms with Gasteiger partial charge in [-0.25, -0.2) is 19.9 Å². The summed E-state index contributed by atoms with van der Waals surface area (Å²) in [4.78, 5) is 19.5. The Morgan fingerprint density at radius 1 is 0.347 bits per heavy atom. The Kier molecular flexibility index (Phi) is 16.9. The van der Waals surface area contributed by atoms with Crippen molar-refractivity contribution in [3.63, 3.8) is 0 Å². The van der Waals surface area contributed by atoms with Gasteiger partial charge in [-0.15, -0.1) is 22.7 Å². The largest absolute Gasteiger partial charge is 0.498 e. The summed E-state index contributed by atoms with van der Waals surface area (Å²) >= 11 is 9.57. The zero-order chi connectivity index (χ0) is 67.6. The van der Waals surface area contributed by atoms with Gasteiger partial charge in [-0.05, 0) is 91.9 Å². The third-order valence-corrected chi connectivity index (χ3v) is 22.5. The Balaban J connectivity index is 0.000000125. The van der Waals surface area contributed by atoms with E-state index in [0.717, 1.165) is 110 Å². The predicted molar refractivity (Wildman–Crippen MR) is 417 cm³/mol. The van der Waals surface area contributed by atoms with Gasteiger partial charge >= 0.3 is 7.12 Å². The summed E-state index contributed by atoms with van der Waals surface area (Å²) < 4.78 is 31.1. The van der Waals surface area contributed by atoms with Gasteiger partial charge in [0.15, 0.2) is 5.82 Å². The number of rotatable bonds is 8. The van der Waals surface area contributed by atoms with E-state index < -0.39 is 29.2 Å². The number of hydrogen-bond acceptors (Lipinski definition) is 10. The average Bonchev–Trinajstić information content (AvgIpc) is 0.958. The lowest BCUT2D eigenvalue weighted by Gasteiger charge is -2.42. The lowest BCUT2D eigenvalue weighted by Crippen LogP contribution is -2.41. The van der Waals surface area contributed by atoms with E-state index in [9.17, 15) is 0 Å². The van der Waals surface area contributed by atoms with Crippen LogP contribution in [0.2, 0.25) is 5.28 Å². The summed E-state index contributed by atoms with van der Waals surface area (Å²) in [6.45, 7) is 8.32. The highest BCUT2D eigenvalue weighted by Crippen LogP contribution is 2.59. The highest BCUT2D eigenvalue weighted by molar-refractivity contribution is 7.26. The van der Waals surface area contributed by atoms with Gasteiger partial charge in [0.25, 0.3) is 0 Å². The second-order valence-electron chi connectivity index (χ2n) is 26.2. The van der Waals surface area contributed by atoms with Gasteiger partial charge in [-0.2, -0.15) is 0 Å². The Bertz CT molecular complexity index is 5630. The Morgan fingerprint density at radius 2 is 0.713 bits per heavy atom. The molecule has 0 unspecified atom stereocenters. The zero-order valence-electron chi connectivity index (χ0n) is 55.2. The summed E-state index contributed by atoms with van der Waals surface area (Å²) in [5, 5.41) is 2.56. The number of para-hydroxylation sites is 4. The third-order valence-electron chi connectivity index (χ3n) is 20.0. The molecule has 0 amide bonds. The number of thiophene rings is 2. The zero-order valence-corrected chi connectivity index (χ0v) is 57.6. The summed E-state index contributed by atoms with van der Waals surface area (Å²) in [5.74, 6) is 3.91. The smallest absolute Gasteiger partial charge is 0.457 e. The summed E-state index contributed by atoms with van der Waals surface area (Å²) in [7, 11) is -0.524. The fourth-order valence-electron chi connectivity index (χ4n) is 14.7. The Labute approximate surface area is 601 Å². The van der Waals surface area contributed by atoms with Crippen LogP contribution in [-0.2, 0) is 20.1 Å². The molecule has 4 aromatic heterocycles. The van der Waals surface area contributed by atoms with Gasteiger partial charge in [-0.3, -0.25) is 0 Å². The first-order valence-electron chi connectivity index (χ1n) is 33.5. The number of benzene rings is 12. The van der Waals surface area contributed by atoms with E-state index in [4.69, 9.17) is 40.4 Å². The predicted octanol–water partition coefficient (Wildman–Crippen LogP) is 22.9. The fraction of sp³-hybridized carbons (Fsp3) is 0.101. The molecule has 0 radical (unpaired) electrons. The number of fused-ring (bicyclic) bond motifs is 10. The van der Waals surface area contributed by atoms with Crippen LogP contribution >= 0.6 is 34.3 Å². The summed E-state index contributed by atoms with van der Waals surface area (Å²) in [6, 6.07) is 110. The molecule has 0 N–H and O–H groups in total. The molecule has 3 aliphatic heterocycles. The normalized spacial score (nSPS) is 14.7. The SMILES string of the molecule is C.CC1(C)OB(c2cccc3c2Oc2ccccc2C3(c2ccccc2)c2ccccc2)OC1(C)C.Clc1nc(-c2ccccc2)c2sc3ccccc3c2n1.c1ccc(-c2nc(-c3cccc4c3Oc3ccccc3C4(c3ccccc3)c3ccccc3)nc3c2sc2ccccc23)cc1. The first kappa shape index (κ1) is 64.8. The van der Waals surface area contributed by atoms with Crippen LogP contribution in [0, 0.1) is 0 Å². The van der Waals surface area contributed by atoms with E-state index in [1.165, 1.54) is 31.7 Å². The standard InChI is InChI=1S/C41H26N2OS.C31H29BO3.C16H9ClN2S.CH4/c1-4-15-27(16-5-1)36-39-37(30-21-10-13-26-35(30)45-39)43-40(42-36)31-22-14-24-33-38(31)44-34-25-12-11-23-32(34)41(33,28-17-6-2-7-18-28)29-19-8-3-9-20-29;1-29(2)30(3,4)35-32(34-29)26-20-13-19-25-28(26)33-27-21-12-11-18-24(27)31(25,22-14-7-5-8-15-22)23-16-9-6-10-17-23;17-16-18-13(10-6-2-1-3-7-10)15-14(19-16)11-8-4-5-9-12(11)20-15;/h1-26H;5-21H,1-4H3;1-9H;1H4. The van der Waals surface area contributed by atoms with Gasteiger partial charge in [0, 0.05) is 59.0 Å². The van der Waals surface area contributed by atoms with Crippen molar-refractivity contribution in [2.75, 3.05) is 0 Å². The molecule has 0 saturated carbocycles. The lowest BCUT2D eigenvalue weighted by atomic mass is 9.62. The van der Waals surface area contributed by atoms with Crippen molar-refractivity contribution in [1.29, 1.82) is 0 Å². The van der Waals surface area contributed by atoms with Crippen molar-refractivity contribution < 1.29 is 18.8 Å². The maximum absolute atomic E-state index is 6.91. The van der Waals surface area contributed by atoms with Crippen molar-refractivity contribution >= 4 is 87.5 Å². The minimum atomic E-state index is -0.607. The minimum Gasteiger partial charge on any atom is -0.457 e. The Morgan fingerprint density at radius 3 is 1.19 bits per heavy atom. The van der Waals surface area contributed by atoms with Crippen LogP contribution in [0.1, 0.15) is 79.6 Å². The van der Waals surface area contributed by atoms with Crippen LogP contribution in [0.4, 0.5) is 0 Å². The second kappa shape index (κ2) is 26.3. The van der Waals surface area contributed by atoms with Crippen LogP contribution < -0.4 is 14.9 Å². The molecule has 7 heterocycles. The van der Waals surface area contributed by atoms with E-state index in [0.29, 0.717) is 11.1 Å². The second-order valence-corrected chi connectivity index (χ2v) is 28.6. The summed E-state index contributed by atoms with van der Waals surface area (Å²) in [5.41, 5.74) is 14.7. The van der Waals surface area contributed by atoms with Gasteiger partial charge in [0.1, 0.15) is 23.0 Å². The first-order chi connectivity index (χ1) is 49.0. The fourth-order valence-corrected chi connectivity index (χ4v) is 17.1. The van der Waals surface area contributed by atoms with E-state index in [1.807, 2.05) is 60.7 Å². The molecular weight excluding hydrogens is 1300 g/mol. The topological polar surface area (TPSA) is 88.5 Å². The van der Waals surface area contributed by atoms with E-state index in [2.05, 4.69) is 292 Å². The highest BCUT2D eigenvalue weighted by Gasteiger charge is 2.55. The molecule has 490 valence electrons. The van der Waals surface area contributed by atoms with Crippen molar-refractivity contribution in [2.24, 2.45) is 0 Å². The molecule has 0 aliphatic carbocycles. The number of hydrogen-bond donors (Lipinski definition) is 0. The van der Waals surface area contributed by atoms with Crippen LogP contribution in [0.15, 0.2) is 315 Å². The maximum atomic E-state index is 6.91. The molecule has 12 heteroatoms. The number of nitrogens with zero attached hydrogens (tertiary/aromatic N) is 4. The molecule has 12 aromatic carbocycles. The lowest BCUT2D eigenvalue weighted by molar-refractivity contribution is 0.00578. The van der Waals surface area contributed by atoms with Crippen LogP contribution in [0.5, 0.6) is 23.0 Å². The van der Waals surface area contributed by atoms with Crippen LogP contribution in [0.25, 0.3) is 74.5 Å². The molecule has 0 bridgehead atoms. The number of ether oxygens (including phenoxy) is 2. The number of aromatic nitrogens is 4. The van der Waals surface area contributed by atoms with Crippen LogP contribution in [-0.4, -0.2) is 38.3 Å². The van der Waals surface area contributed by atoms with E-state index in [-0.39, 0.29) is 7.43 Å². The maximum Gasteiger partial charge on any atom is 0.498 e. The minimum absolute atomic E-state index is 0. The van der Waals surface area contributed by atoms with Crippen molar-refractivity contribution in [3.05, 3.63) is 365 Å². The van der Waals surface area contributed by atoms with Crippen molar-refractivity contribution in [3.8, 4) is 56.9 Å². The van der Waals surface area contributed by atoms with E-state index in [1.54, 1.807) is 22.7 Å². The Hall–Kier alpha value is -10.9. The monoisotopic (exact) mass is 1370 g/mol. The third kappa shape index (κ3) is 11.0. The molecular formula is C89H68BClN4O4S2.